The molecule has 1 saturated heterocycles. The molecule has 1 fully saturated rings. The predicted octanol–water partition coefficient (Wildman–Crippen LogP) is 3.69. The first-order valence-electron chi connectivity index (χ1n) is 8.84. The smallest absolute Gasteiger partial charge is 0.257 e. The average molecular weight is 358 g/mol. The summed E-state index contributed by atoms with van der Waals surface area (Å²) in [6.07, 6.45) is 0.369. The second-order valence-corrected chi connectivity index (χ2v) is 6.68. The molecular weight excluding hydrogens is 340 g/mol. The van der Waals surface area contributed by atoms with Gasteiger partial charge in [0, 0.05) is 24.4 Å². The van der Waals surface area contributed by atoms with E-state index in [9.17, 15) is 4.79 Å². The fraction of sp³-hybridized carbons (Fsp3) is 0.238. The summed E-state index contributed by atoms with van der Waals surface area (Å²) in [6, 6.07) is 19.1. The Labute approximate surface area is 157 Å². The number of carbonyl (C=O) groups excluding carboxylic acids is 1. The Hall–Kier alpha value is -3.46. The lowest BCUT2D eigenvalue weighted by molar-refractivity contribution is -0.129. The van der Waals surface area contributed by atoms with Crippen LogP contribution in [0, 0.1) is 11.3 Å². The Bertz CT molecular complexity index is 1010. The van der Waals surface area contributed by atoms with Crippen LogP contribution in [-0.2, 0) is 4.79 Å². The van der Waals surface area contributed by atoms with Crippen molar-refractivity contribution in [2.45, 2.75) is 25.3 Å². The SMILES string of the molecule is CC(c1ccccc1)N1CC(c2noc(-c3cccc(C#N)c3)n2)CC1=O. The van der Waals surface area contributed by atoms with Crippen LogP contribution in [0.15, 0.2) is 59.1 Å². The molecule has 2 atom stereocenters. The highest BCUT2D eigenvalue weighted by Gasteiger charge is 2.36. The first kappa shape index (κ1) is 17.0. The van der Waals surface area contributed by atoms with Crippen molar-refractivity contribution in [1.29, 1.82) is 5.26 Å². The molecule has 6 heteroatoms. The van der Waals surface area contributed by atoms with E-state index < -0.39 is 0 Å². The number of likely N-dealkylation sites (tertiary alicyclic amines) is 1. The van der Waals surface area contributed by atoms with Crippen molar-refractivity contribution >= 4 is 5.91 Å². The molecule has 0 saturated carbocycles. The van der Waals surface area contributed by atoms with Gasteiger partial charge in [0.2, 0.25) is 5.91 Å². The summed E-state index contributed by atoms with van der Waals surface area (Å²) < 4.78 is 5.38. The van der Waals surface area contributed by atoms with E-state index >= 15 is 0 Å². The predicted molar refractivity (Wildman–Crippen MR) is 98.4 cm³/mol. The second kappa shape index (κ2) is 7.04. The van der Waals surface area contributed by atoms with Crippen molar-refractivity contribution in [2.75, 3.05) is 6.54 Å². The maximum absolute atomic E-state index is 12.5. The van der Waals surface area contributed by atoms with Crippen LogP contribution in [0.25, 0.3) is 11.5 Å². The molecule has 1 aliphatic heterocycles. The Morgan fingerprint density at radius 2 is 2.04 bits per heavy atom. The number of hydrogen-bond donors (Lipinski definition) is 0. The zero-order chi connectivity index (χ0) is 18.8. The number of nitriles is 1. The number of aromatic nitrogens is 2. The average Bonchev–Trinajstić information content (AvgIpc) is 3.35. The Kier molecular flexibility index (Phi) is 4.43. The van der Waals surface area contributed by atoms with Crippen molar-refractivity contribution in [2.24, 2.45) is 0 Å². The molecule has 6 nitrogen and oxygen atoms in total. The molecule has 0 radical (unpaired) electrons. The quantitative estimate of drug-likeness (QED) is 0.710. The number of hydrogen-bond acceptors (Lipinski definition) is 5. The van der Waals surface area contributed by atoms with Crippen molar-refractivity contribution in [3.05, 3.63) is 71.5 Å². The topological polar surface area (TPSA) is 83.0 Å². The van der Waals surface area contributed by atoms with Gasteiger partial charge in [0.05, 0.1) is 17.7 Å². The van der Waals surface area contributed by atoms with Crippen LogP contribution in [0.1, 0.15) is 42.3 Å². The maximum Gasteiger partial charge on any atom is 0.257 e. The van der Waals surface area contributed by atoms with Crippen LogP contribution < -0.4 is 0 Å². The van der Waals surface area contributed by atoms with Gasteiger partial charge in [0.25, 0.3) is 5.89 Å². The molecule has 27 heavy (non-hydrogen) atoms. The Morgan fingerprint density at radius 1 is 1.22 bits per heavy atom. The highest BCUT2D eigenvalue weighted by atomic mass is 16.5. The minimum absolute atomic E-state index is 0.00221. The lowest BCUT2D eigenvalue weighted by Crippen LogP contribution is -2.28. The number of nitrogens with zero attached hydrogens (tertiary/aromatic N) is 4. The van der Waals surface area contributed by atoms with Gasteiger partial charge in [-0.3, -0.25) is 4.79 Å². The molecule has 0 bridgehead atoms. The van der Waals surface area contributed by atoms with Crippen LogP contribution in [0.4, 0.5) is 0 Å². The van der Waals surface area contributed by atoms with Gasteiger partial charge >= 0.3 is 0 Å². The third-order valence-electron chi connectivity index (χ3n) is 4.95. The van der Waals surface area contributed by atoms with Crippen molar-refractivity contribution in [1.82, 2.24) is 15.0 Å². The minimum Gasteiger partial charge on any atom is -0.335 e. The largest absolute Gasteiger partial charge is 0.335 e. The lowest BCUT2D eigenvalue weighted by atomic mass is 10.1. The Morgan fingerprint density at radius 3 is 2.81 bits per heavy atom. The van der Waals surface area contributed by atoms with E-state index in [1.54, 1.807) is 18.2 Å². The van der Waals surface area contributed by atoms with Crippen molar-refractivity contribution < 1.29 is 9.32 Å². The lowest BCUT2D eigenvalue weighted by Gasteiger charge is -2.25. The van der Waals surface area contributed by atoms with Crippen LogP contribution >= 0.6 is 0 Å². The van der Waals surface area contributed by atoms with Gasteiger partial charge < -0.3 is 9.42 Å². The van der Waals surface area contributed by atoms with Crippen LogP contribution in [0.5, 0.6) is 0 Å². The van der Waals surface area contributed by atoms with E-state index in [-0.39, 0.29) is 17.9 Å². The molecule has 4 rings (SSSR count). The summed E-state index contributed by atoms with van der Waals surface area (Å²) in [5.41, 5.74) is 2.34. The summed E-state index contributed by atoms with van der Waals surface area (Å²) in [5.74, 6) is 0.891. The van der Waals surface area contributed by atoms with Crippen LogP contribution in [0.2, 0.25) is 0 Å². The van der Waals surface area contributed by atoms with Crippen LogP contribution in [-0.4, -0.2) is 27.5 Å². The van der Waals surface area contributed by atoms with Gasteiger partial charge in [-0.25, -0.2) is 0 Å². The molecule has 0 aliphatic carbocycles. The first-order chi connectivity index (χ1) is 13.2. The van der Waals surface area contributed by atoms with Crippen molar-refractivity contribution in [3.63, 3.8) is 0 Å². The highest BCUT2D eigenvalue weighted by molar-refractivity contribution is 5.80. The van der Waals surface area contributed by atoms with E-state index in [2.05, 4.69) is 16.2 Å². The molecule has 0 N–H and O–H groups in total. The van der Waals surface area contributed by atoms with Gasteiger partial charge in [-0.2, -0.15) is 10.2 Å². The summed E-state index contributed by atoms with van der Waals surface area (Å²) >= 11 is 0. The van der Waals surface area contributed by atoms with Gasteiger partial charge in [-0.05, 0) is 30.7 Å². The molecule has 0 spiro atoms. The molecule has 1 aliphatic rings. The molecule has 1 amide bonds. The zero-order valence-electron chi connectivity index (χ0n) is 14.9. The summed E-state index contributed by atoms with van der Waals surface area (Å²) in [5, 5.41) is 13.1. The monoisotopic (exact) mass is 358 g/mol. The third kappa shape index (κ3) is 3.32. The summed E-state index contributed by atoms with van der Waals surface area (Å²) in [4.78, 5) is 18.9. The number of benzene rings is 2. The van der Waals surface area contributed by atoms with Crippen LogP contribution in [0.3, 0.4) is 0 Å². The molecule has 3 aromatic rings. The number of amides is 1. The number of rotatable bonds is 4. The van der Waals surface area contributed by atoms with Crippen molar-refractivity contribution in [3.8, 4) is 17.5 Å². The normalized spacial score (nSPS) is 17.7. The molecule has 2 heterocycles. The second-order valence-electron chi connectivity index (χ2n) is 6.68. The van der Waals surface area contributed by atoms with Gasteiger partial charge in [0.15, 0.2) is 5.82 Å². The summed E-state index contributed by atoms with van der Waals surface area (Å²) in [7, 11) is 0. The van der Waals surface area contributed by atoms with Gasteiger partial charge in [-0.1, -0.05) is 41.6 Å². The molecule has 2 aromatic carbocycles. The van der Waals surface area contributed by atoms with E-state index in [4.69, 9.17) is 9.78 Å². The van der Waals surface area contributed by atoms with E-state index in [1.807, 2.05) is 48.2 Å². The van der Waals surface area contributed by atoms with Gasteiger partial charge in [-0.15, -0.1) is 0 Å². The third-order valence-corrected chi connectivity index (χ3v) is 4.95. The van der Waals surface area contributed by atoms with Gasteiger partial charge in [0.1, 0.15) is 0 Å². The minimum atomic E-state index is -0.0969. The standard InChI is InChI=1S/C21H18N4O2/c1-14(16-7-3-2-4-8-16)25-13-18(11-19(25)26)20-23-21(27-24-20)17-9-5-6-15(10-17)12-22/h2-10,14,18H,11,13H2,1H3. The Balaban J connectivity index is 1.53. The first-order valence-corrected chi connectivity index (χ1v) is 8.84. The molecule has 1 aromatic heterocycles. The zero-order valence-corrected chi connectivity index (χ0v) is 14.9. The molecule has 2 unspecified atom stereocenters. The number of carbonyl (C=O) groups is 1. The fourth-order valence-corrected chi connectivity index (χ4v) is 3.43. The summed E-state index contributed by atoms with van der Waals surface area (Å²) in [6.45, 7) is 2.59. The van der Waals surface area contributed by atoms with E-state index in [1.165, 1.54) is 0 Å². The maximum atomic E-state index is 12.5. The van der Waals surface area contributed by atoms with E-state index in [0.717, 1.165) is 5.56 Å². The molecule has 134 valence electrons. The van der Waals surface area contributed by atoms with E-state index in [0.29, 0.717) is 35.8 Å². The highest BCUT2D eigenvalue weighted by Crippen LogP contribution is 2.33. The fourth-order valence-electron chi connectivity index (χ4n) is 3.43. The molecular formula is C21H18N4O2.